The summed E-state index contributed by atoms with van der Waals surface area (Å²) >= 11 is 1.72. The van der Waals surface area contributed by atoms with Crippen molar-refractivity contribution < 1.29 is 4.39 Å². The van der Waals surface area contributed by atoms with E-state index in [1.165, 1.54) is 22.6 Å². The summed E-state index contributed by atoms with van der Waals surface area (Å²) in [6, 6.07) is 25.5. The minimum atomic E-state index is -0.228. The van der Waals surface area contributed by atoms with Gasteiger partial charge in [-0.2, -0.15) is 0 Å². The van der Waals surface area contributed by atoms with E-state index in [1.807, 2.05) is 36.5 Å². The highest BCUT2D eigenvalue weighted by Crippen LogP contribution is 2.30. The molecule has 4 rings (SSSR count). The lowest BCUT2D eigenvalue weighted by Gasteiger charge is -2.30. The minimum Gasteiger partial charge on any atom is -0.297 e. The monoisotopic (exact) mass is 388 g/mol. The number of hydrogen-bond acceptors (Lipinski definition) is 3. The van der Waals surface area contributed by atoms with Crippen LogP contribution in [-0.4, -0.2) is 11.3 Å². The molecular weight excluding hydrogens is 367 g/mol. The molecule has 0 saturated carbocycles. The van der Waals surface area contributed by atoms with E-state index in [9.17, 15) is 4.39 Å². The summed E-state index contributed by atoms with van der Waals surface area (Å²) < 4.78 is 13.4. The quantitative estimate of drug-likeness (QED) is 0.544. The first-order valence-electron chi connectivity index (χ1n) is 9.13. The lowest BCUT2D eigenvalue weighted by molar-refractivity contribution is 0.314. The summed E-state index contributed by atoms with van der Waals surface area (Å²) in [5.41, 5.74) is 8.90. The molecule has 28 heavy (non-hydrogen) atoms. The van der Waals surface area contributed by atoms with Crippen molar-refractivity contribution in [3.05, 3.63) is 114 Å². The number of hydrazine groups is 1. The van der Waals surface area contributed by atoms with Crippen LogP contribution in [0.2, 0.25) is 0 Å². The predicted octanol–water partition coefficient (Wildman–Crippen LogP) is 5.95. The maximum Gasteiger partial charge on any atom is 0.123 e. The third kappa shape index (κ3) is 4.12. The molecule has 0 aromatic heterocycles. The number of hydrogen-bond donors (Lipinski definition) is 1. The number of allylic oxidation sites excluding steroid dienone is 2. The number of thioether (sulfide) groups is 1. The Morgan fingerprint density at radius 1 is 0.857 bits per heavy atom. The summed E-state index contributed by atoms with van der Waals surface area (Å²) in [5.74, 6) is -0.228. The van der Waals surface area contributed by atoms with Gasteiger partial charge in [-0.15, -0.1) is 11.8 Å². The maximum absolute atomic E-state index is 13.4. The molecule has 1 N–H and O–H groups in total. The fraction of sp³-hybridized carbons (Fsp3) is 0.0833. The van der Waals surface area contributed by atoms with E-state index in [0.717, 1.165) is 28.9 Å². The van der Waals surface area contributed by atoms with Gasteiger partial charge in [-0.3, -0.25) is 10.4 Å². The van der Waals surface area contributed by atoms with Crippen LogP contribution >= 0.6 is 11.8 Å². The molecule has 0 amide bonds. The third-order valence-corrected chi connectivity index (χ3v) is 5.42. The van der Waals surface area contributed by atoms with Crippen molar-refractivity contribution in [3.63, 3.8) is 0 Å². The Kier molecular flexibility index (Phi) is 5.49. The van der Waals surface area contributed by atoms with Gasteiger partial charge in [0.25, 0.3) is 0 Å². The Hall–Kier alpha value is -2.98. The molecule has 0 fully saturated rings. The van der Waals surface area contributed by atoms with E-state index in [0.29, 0.717) is 0 Å². The van der Waals surface area contributed by atoms with E-state index in [1.54, 1.807) is 11.8 Å². The van der Waals surface area contributed by atoms with E-state index < -0.39 is 0 Å². The van der Waals surface area contributed by atoms with E-state index in [4.69, 9.17) is 0 Å². The van der Waals surface area contributed by atoms with Crippen LogP contribution in [0.3, 0.4) is 0 Å². The maximum atomic E-state index is 13.4. The molecular formula is C24H21FN2S. The highest BCUT2D eigenvalue weighted by molar-refractivity contribution is 7.98. The van der Waals surface area contributed by atoms with Gasteiger partial charge in [0.2, 0.25) is 0 Å². The van der Waals surface area contributed by atoms with Crippen LogP contribution in [0.4, 0.5) is 4.39 Å². The van der Waals surface area contributed by atoms with Crippen molar-refractivity contribution in [2.45, 2.75) is 11.4 Å². The van der Waals surface area contributed by atoms with Crippen LogP contribution in [0.5, 0.6) is 0 Å². The highest BCUT2D eigenvalue weighted by atomic mass is 32.2. The summed E-state index contributed by atoms with van der Waals surface area (Å²) in [4.78, 5) is 1.22. The van der Waals surface area contributed by atoms with Crippen LogP contribution in [0.25, 0.3) is 11.3 Å². The molecule has 1 aliphatic rings. The smallest absolute Gasteiger partial charge is 0.123 e. The first-order chi connectivity index (χ1) is 13.7. The Morgan fingerprint density at radius 2 is 1.54 bits per heavy atom. The first-order valence-corrected chi connectivity index (χ1v) is 10.4. The molecule has 4 heteroatoms. The lowest BCUT2D eigenvalue weighted by Crippen LogP contribution is -2.34. The fourth-order valence-electron chi connectivity index (χ4n) is 3.21. The van der Waals surface area contributed by atoms with E-state index >= 15 is 0 Å². The Labute approximate surface area is 169 Å². The summed E-state index contributed by atoms with van der Waals surface area (Å²) in [5, 5.41) is 2.07. The molecule has 1 aliphatic heterocycles. The molecule has 0 aliphatic carbocycles. The molecule has 1 heterocycles. The number of benzene rings is 3. The molecule has 0 saturated heterocycles. The molecule has 140 valence electrons. The number of halogens is 1. The zero-order valence-corrected chi connectivity index (χ0v) is 16.4. The molecule has 3 aromatic carbocycles. The lowest BCUT2D eigenvalue weighted by atomic mass is 9.98. The molecule has 0 unspecified atom stereocenters. The van der Waals surface area contributed by atoms with Gasteiger partial charge >= 0.3 is 0 Å². The van der Waals surface area contributed by atoms with Crippen molar-refractivity contribution >= 4 is 23.0 Å². The second kappa shape index (κ2) is 8.36. The van der Waals surface area contributed by atoms with Gasteiger partial charge < -0.3 is 0 Å². The van der Waals surface area contributed by atoms with E-state index in [2.05, 4.69) is 59.2 Å². The predicted molar refractivity (Wildman–Crippen MR) is 116 cm³/mol. The van der Waals surface area contributed by atoms with E-state index in [-0.39, 0.29) is 5.82 Å². The second-order valence-corrected chi connectivity index (χ2v) is 7.44. The number of nitrogens with zero attached hydrogens (tertiary/aromatic N) is 1. The Bertz CT molecular complexity index is 993. The highest BCUT2D eigenvalue weighted by Gasteiger charge is 2.16. The van der Waals surface area contributed by atoms with Crippen LogP contribution in [0.1, 0.15) is 16.7 Å². The largest absolute Gasteiger partial charge is 0.297 e. The normalized spacial score (nSPS) is 13.6. The molecule has 3 aromatic rings. The average molecular weight is 389 g/mol. The van der Waals surface area contributed by atoms with Crippen LogP contribution in [0, 0.1) is 5.82 Å². The number of nitrogens with one attached hydrogen (secondary N) is 1. The van der Waals surface area contributed by atoms with Crippen molar-refractivity contribution in [2.24, 2.45) is 0 Å². The summed E-state index contributed by atoms with van der Waals surface area (Å²) in [6.07, 6.45) is 6.19. The standard InChI is InChI=1S/C24H21FN2S/c1-28-22-13-9-20(10-14-22)24-23(19-7-11-21(25)12-8-19)15-16-27(26-24)17-18-5-3-2-4-6-18/h2-16,26H,17H2,1H3. The minimum absolute atomic E-state index is 0.228. The molecule has 2 nitrogen and oxygen atoms in total. The summed E-state index contributed by atoms with van der Waals surface area (Å²) in [6.45, 7) is 0.750. The van der Waals surface area contributed by atoms with Crippen molar-refractivity contribution in [2.75, 3.05) is 6.26 Å². The Morgan fingerprint density at radius 3 is 2.21 bits per heavy atom. The SMILES string of the molecule is CSc1ccc(C2=C(c3ccc(F)cc3)C=CN(Cc3ccccc3)N2)cc1. The molecule has 0 atom stereocenters. The third-order valence-electron chi connectivity index (χ3n) is 4.68. The topological polar surface area (TPSA) is 15.3 Å². The van der Waals surface area contributed by atoms with Crippen molar-refractivity contribution in [1.29, 1.82) is 0 Å². The number of rotatable bonds is 5. The fourth-order valence-corrected chi connectivity index (χ4v) is 3.62. The zero-order valence-electron chi connectivity index (χ0n) is 15.6. The van der Waals surface area contributed by atoms with Gasteiger partial charge in [0.05, 0.1) is 12.2 Å². The van der Waals surface area contributed by atoms with Gasteiger partial charge in [-0.05, 0) is 47.7 Å². The van der Waals surface area contributed by atoms with Crippen molar-refractivity contribution in [3.8, 4) is 0 Å². The van der Waals surface area contributed by atoms with Crippen LogP contribution < -0.4 is 5.43 Å². The Balaban J connectivity index is 1.70. The van der Waals surface area contributed by atoms with Crippen molar-refractivity contribution in [1.82, 2.24) is 10.4 Å². The van der Waals surface area contributed by atoms with Gasteiger partial charge in [-0.25, -0.2) is 4.39 Å². The summed E-state index contributed by atoms with van der Waals surface area (Å²) in [7, 11) is 0. The molecule has 0 spiro atoms. The van der Waals surface area contributed by atoms with Crippen LogP contribution in [0.15, 0.2) is 96.0 Å². The average Bonchev–Trinajstić information content (AvgIpc) is 2.75. The molecule has 0 bridgehead atoms. The first kappa shape index (κ1) is 18.4. The van der Waals surface area contributed by atoms with Gasteiger partial charge in [0, 0.05) is 22.2 Å². The zero-order chi connectivity index (χ0) is 19.3. The molecule has 0 radical (unpaired) electrons. The van der Waals surface area contributed by atoms with Gasteiger partial charge in [0.15, 0.2) is 0 Å². The van der Waals surface area contributed by atoms with Crippen LogP contribution in [-0.2, 0) is 6.54 Å². The second-order valence-electron chi connectivity index (χ2n) is 6.57. The van der Waals surface area contributed by atoms with Gasteiger partial charge in [0.1, 0.15) is 5.82 Å². The van der Waals surface area contributed by atoms with Gasteiger partial charge in [-0.1, -0.05) is 54.6 Å².